The predicted molar refractivity (Wildman–Crippen MR) is 104 cm³/mol. The van der Waals surface area contributed by atoms with Gasteiger partial charge in [0, 0.05) is 19.5 Å². The van der Waals surface area contributed by atoms with E-state index >= 15 is 0 Å². The third kappa shape index (κ3) is 3.58. The zero-order valence-electron chi connectivity index (χ0n) is 15.7. The molecule has 0 aliphatic carbocycles. The van der Waals surface area contributed by atoms with Crippen molar-refractivity contribution >= 4 is 41.5 Å². The number of aryl methyl sites for hydroxylation is 2. The lowest BCUT2D eigenvalue weighted by Crippen LogP contribution is -2.38. The van der Waals surface area contributed by atoms with Crippen LogP contribution in [0.15, 0.2) is 17.0 Å². The summed E-state index contributed by atoms with van der Waals surface area (Å²) in [5.41, 5.74) is 0.692. The number of rotatable bonds is 4. The van der Waals surface area contributed by atoms with Gasteiger partial charge in [-0.2, -0.15) is 4.31 Å². The lowest BCUT2D eigenvalue weighted by molar-refractivity contribution is -0.116. The van der Waals surface area contributed by atoms with Crippen molar-refractivity contribution in [2.75, 3.05) is 28.6 Å². The van der Waals surface area contributed by atoms with Crippen molar-refractivity contribution in [3.05, 3.63) is 23.3 Å². The van der Waals surface area contributed by atoms with E-state index in [0.29, 0.717) is 0 Å². The maximum atomic E-state index is 13.1. The summed E-state index contributed by atoms with van der Waals surface area (Å²) < 4.78 is 75.8. The predicted octanol–water partition coefficient (Wildman–Crippen LogP) is 0.178. The first-order valence-corrected chi connectivity index (χ1v) is 13.5. The van der Waals surface area contributed by atoms with Gasteiger partial charge in [-0.25, -0.2) is 29.6 Å². The van der Waals surface area contributed by atoms with E-state index in [9.17, 15) is 30.0 Å². The van der Waals surface area contributed by atoms with Gasteiger partial charge >= 0.3 is 0 Å². The standard InChI is InChI=1S/C16H22N2O7S3/c1-11-8-14(18-15(19)5-7-27(18,22)23)9-12(2)16(11)28(24,25)17(3)13-4-6-26(20,21)10-13/h8-9,13H,4-7,10H2,1-3H3. The highest BCUT2D eigenvalue weighted by Crippen LogP contribution is 2.33. The first-order chi connectivity index (χ1) is 12.8. The third-order valence-electron chi connectivity index (χ3n) is 5.12. The monoisotopic (exact) mass is 450 g/mol. The fraction of sp³-hybridized carbons (Fsp3) is 0.562. The number of hydrogen-bond acceptors (Lipinski definition) is 7. The average molecular weight is 451 g/mol. The van der Waals surface area contributed by atoms with Crippen LogP contribution in [0, 0.1) is 13.8 Å². The molecule has 156 valence electrons. The molecule has 2 aliphatic rings. The zero-order valence-corrected chi connectivity index (χ0v) is 18.2. The molecule has 3 rings (SSSR count). The molecule has 0 N–H and O–H groups in total. The Labute approximate surface area is 165 Å². The number of anilines is 1. The van der Waals surface area contributed by atoms with Crippen molar-refractivity contribution in [1.82, 2.24) is 4.31 Å². The number of nitrogens with zero attached hydrogens (tertiary/aromatic N) is 2. The summed E-state index contributed by atoms with van der Waals surface area (Å²) in [6.45, 7) is 3.05. The molecule has 1 aromatic carbocycles. The van der Waals surface area contributed by atoms with Crippen molar-refractivity contribution in [3.63, 3.8) is 0 Å². The second-order valence-electron chi connectivity index (χ2n) is 7.21. The molecule has 1 unspecified atom stereocenters. The second-order valence-corrected chi connectivity index (χ2v) is 13.3. The minimum absolute atomic E-state index is 0.00732. The van der Waals surface area contributed by atoms with Crippen LogP contribution in [0.1, 0.15) is 24.0 Å². The molecule has 0 saturated carbocycles. The maximum Gasteiger partial charge on any atom is 0.243 e. The number of carbonyl (C=O) groups excluding carboxylic acids is 1. The minimum Gasteiger partial charge on any atom is -0.273 e. The third-order valence-corrected chi connectivity index (χ3v) is 10.8. The molecule has 28 heavy (non-hydrogen) atoms. The Kier molecular flexibility index (Phi) is 5.14. The fourth-order valence-electron chi connectivity index (χ4n) is 3.72. The summed E-state index contributed by atoms with van der Waals surface area (Å²) >= 11 is 0. The van der Waals surface area contributed by atoms with Gasteiger partial charge < -0.3 is 0 Å². The molecule has 1 amide bonds. The van der Waals surface area contributed by atoms with Gasteiger partial charge in [0.1, 0.15) is 0 Å². The van der Waals surface area contributed by atoms with Gasteiger partial charge in [0.25, 0.3) is 0 Å². The number of amides is 1. The lowest BCUT2D eigenvalue weighted by atomic mass is 10.1. The van der Waals surface area contributed by atoms with Crippen molar-refractivity contribution < 1.29 is 30.0 Å². The molecule has 2 heterocycles. The van der Waals surface area contributed by atoms with E-state index in [0.717, 1.165) is 8.61 Å². The van der Waals surface area contributed by atoms with Gasteiger partial charge in [-0.3, -0.25) is 4.79 Å². The molecule has 0 bridgehead atoms. The van der Waals surface area contributed by atoms with Crippen LogP contribution in [-0.2, 0) is 34.7 Å². The molecule has 12 heteroatoms. The van der Waals surface area contributed by atoms with Crippen molar-refractivity contribution in [3.8, 4) is 0 Å². The van der Waals surface area contributed by atoms with Gasteiger partial charge in [-0.15, -0.1) is 0 Å². The van der Waals surface area contributed by atoms with Crippen LogP contribution in [-0.4, -0.2) is 65.8 Å². The highest BCUT2D eigenvalue weighted by Gasteiger charge is 2.39. The van der Waals surface area contributed by atoms with Crippen molar-refractivity contribution in [2.24, 2.45) is 0 Å². The van der Waals surface area contributed by atoms with Crippen LogP contribution in [0.2, 0.25) is 0 Å². The second kappa shape index (κ2) is 6.78. The summed E-state index contributed by atoms with van der Waals surface area (Å²) in [4.78, 5) is 12.0. The molecule has 1 atom stereocenters. The van der Waals surface area contributed by atoms with Gasteiger partial charge in [-0.05, 0) is 43.5 Å². The number of carbonyl (C=O) groups is 1. The summed E-state index contributed by atoms with van der Waals surface area (Å²) in [6, 6.07) is 2.08. The zero-order chi connectivity index (χ0) is 21.1. The van der Waals surface area contributed by atoms with Gasteiger partial charge in [-0.1, -0.05) is 0 Å². The molecule has 2 fully saturated rings. The number of sulfonamides is 2. The summed E-state index contributed by atoms with van der Waals surface area (Å²) in [5, 5.41) is 0. The topological polar surface area (TPSA) is 126 Å². The fourth-order valence-corrected chi connectivity index (χ4v) is 8.83. The van der Waals surface area contributed by atoms with Crippen LogP contribution >= 0.6 is 0 Å². The molecular weight excluding hydrogens is 428 g/mol. The average Bonchev–Trinajstić information content (AvgIpc) is 3.04. The SMILES string of the molecule is Cc1cc(N2C(=O)CCS2(=O)=O)cc(C)c1S(=O)(=O)N(C)C1CCS(=O)(=O)C1. The molecule has 9 nitrogen and oxygen atoms in total. The Morgan fingerprint density at radius 2 is 1.64 bits per heavy atom. The Morgan fingerprint density at radius 3 is 2.07 bits per heavy atom. The maximum absolute atomic E-state index is 13.1. The van der Waals surface area contributed by atoms with Crippen LogP contribution < -0.4 is 4.31 Å². The molecule has 0 spiro atoms. The number of sulfone groups is 1. The number of benzene rings is 1. The van der Waals surface area contributed by atoms with E-state index in [4.69, 9.17) is 0 Å². The first-order valence-electron chi connectivity index (χ1n) is 8.62. The van der Waals surface area contributed by atoms with Gasteiger partial charge in [0.15, 0.2) is 9.84 Å². The van der Waals surface area contributed by atoms with Crippen LogP contribution in [0.5, 0.6) is 0 Å². The number of hydrogen-bond donors (Lipinski definition) is 0. The Balaban J connectivity index is 2.03. The Hall–Kier alpha value is -1.50. The van der Waals surface area contributed by atoms with Gasteiger partial charge in [0.05, 0.1) is 27.8 Å². The largest absolute Gasteiger partial charge is 0.273 e. The minimum atomic E-state index is -4.00. The molecule has 0 aromatic heterocycles. The lowest BCUT2D eigenvalue weighted by Gasteiger charge is -2.25. The molecule has 2 aliphatic heterocycles. The highest BCUT2D eigenvalue weighted by atomic mass is 32.2. The van der Waals surface area contributed by atoms with E-state index in [1.54, 1.807) is 0 Å². The highest BCUT2D eigenvalue weighted by molar-refractivity contribution is 7.94. The van der Waals surface area contributed by atoms with E-state index in [1.807, 2.05) is 0 Å². The van der Waals surface area contributed by atoms with Crippen LogP contribution in [0.4, 0.5) is 5.69 Å². The van der Waals surface area contributed by atoms with Crippen LogP contribution in [0.3, 0.4) is 0 Å². The first kappa shape index (κ1) is 21.2. The molecule has 1 aromatic rings. The van der Waals surface area contributed by atoms with Crippen molar-refractivity contribution in [1.29, 1.82) is 0 Å². The Bertz CT molecular complexity index is 1130. The summed E-state index contributed by atoms with van der Waals surface area (Å²) in [5.74, 6) is -1.10. The smallest absolute Gasteiger partial charge is 0.243 e. The van der Waals surface area contributed by atoms with Crippen LogP contribution in [0.25, 0.3) is 0 Å². The quantitative estimate of drug-likeness (QED) is 0.640. The van der Waals surface area contributed by atoms with E-state index in [-0.39, 0.29) is 51.8 Å². The molecular formula is C16H22N2O7S3. The van der Waals surface area contributed by atoms with E-state index < -0.39 is 41.8 Å². The Morgan fingerprint density at radius 1 is 1.07 bits per heavy atom. The summed E-state index contributed by atoms with van der Waals surface area (Å²) in [7, 11) is -9.66. The molecule has 2 saturated heterocycles. The van der Waals surface area contributed by atoms with E-state index in [1.165, 1.54) is 33.0 Å². The normalized spacial score (nSPS) is 24.2. The van der Waals surface area contributed by atoms with Gasteiger partial charge in [0.2, 0.25) is 26.0 Å². The molecule has 0 radical (unpaired) electrons. The summed E-state index contributed by atoms with van der Waals surface area (Å²) in [6.07, 6.45) is 0.119. The van der Waals surface area contributed by atoms with E-state index in [2.05, 4.69) is 0 Å². The van der Waals surface area contributed by atoms with Crippen molar-refractivity contribution in [2.45, 2.75) is 37.6 Å².